The van der Waals surface area contributed by atoms with Crippen LogP contribution in [0.25, 0.3) is 0 Å². The summed E-state index contributed by atoms with van der Waals surface area (Å²) in [6.45, 7) is 2.47. The first-order valence-corrected chi connectivity index (χ1v) is 15.0. The van der Waals surface area contributed by atoms with Gasteiger partial charge in [0.2, 0.25) is 11.8 Å². The minimum atomic E-state index is -1.19. The number of hydrogen-bond acceptors (Lipinski definition) is 11. The van der Waals surface area contributed by atoms with Crippen molar-refractivity contribution in [2.45, 2.75) is 55.7 Å². The molecule has 0 aliphatic heterocycles. The largest absolute Gasteiger partial charge is 0.480 e. The topological polar surface area (TPSA) is 201 Å². The number of amides is 2. The summed E-state index contributed by atoms with van der Waals surface area (Å²) >= 11 is 2.45. The molecule has 0 bridgehead atoms. The van der Waals surface area contributed by atoms with E-state index in [9.17, 15) is 34.2 Å². The molecule has 1 aliphatic rings. The van der Waals surface area contributed by atoms with E-state index in [4.69, 9.17) is 0 Å². The zero-order valence-electron chi connectivity index (χ0n) is 22.5. The molecular formula is C26H32N6O7S2. The molecule has 0 spiro atoms. The second-order valence-electron chi connectivity index (χ2n) is 9.50. The third-order valence-corrected chi connectivity index (χ3v) is 9.39. The molecule has 0 radical (unpaired) electrons. The maximum Gasteiger partial charge on any atom is 0.327 e. The number of thioether (sulfide) groups is 2. The summed E-state index contributed by atoms with van der Waals surface area (Å²) in [5, 5.41) is 23.0. The lowest BCUT2D eigenvalue weighted by Crippen LogP contribution is -2.42. The molecule has 3 rings (SSSR count). The van der Waals surface area contributed by atoms with Gasteiger partial charge < -0.3 is 20.8 Å². The first-order valence-electron chi connectivity index (χ1n) is 12.9. The molecule has 0 aromatic carbocycles. The highest BCUT2D eigenvalue weighted by Crippen LogP contribution is 2.48. The summed E-state index contributed by atoms with van der Waals surface area (Å²) in [5.74, 6) is -4.51. The number of carbonyl (C=O) groups excluding carboxylic acids is 3. The van der Waals surface area contributed by atoms with Crippen LogP contribution in [0.3, 0.4) is 0 Å². The standard InChI is InChI=1S/C26H32N6O7S2/c1-14(33)31-20(25(36)37)12-40-23(18-10-27-6-8-29-18)16-4-3-5-17(22(16)35)24(19-11-28-7-9-30-19)41-13-21(26(38)39)32-15(2)34/h6-11,16-17,20-21,23-24H,3-5,12-13H2,1-2H3,(H,31,33)(H,32,34)(H,36,37)(H,38,39)/t16?,17?,20-,21-,23?,24?/m0/s1. The molecule has 0 saturated heterocycles. The summed E-state index contributed by atoms with van der Waals surface area (Å²) < 4.78 is 0. The lowest BCUT2D eigenvalue weighted by Gasteiger charge is -2.36. The Morgan fingerprint density at radius 1 is 0.805 bits per heavy atom. The Balaban J connectivity index is 1.90. The zero-order valence-corrected chi connectivity index (χ0v) is 24.1. The van der Waals surface area contributed by atoms with E-state index in [0.717, 1.165) is 0 Å². The van der Waals surface area contributed by atoms with Gasteiger partial charge in [-0.2, -0.15) is 0 Å². The second-order valence-corrected chi connectivity index (χ2v) is 11.8. The number of ketones is 1. The van der Waals surface area contributed by atoms with E-state index < -0.39 is 58.2 Å². The molecule has 2 heterocycles. The van der Waals surface area contributed by atoms with Crippen LogP contribution in [0.4, 0.5) is 0 Å². The number of carboxylic acid groups (broad SMARTS) is 2. The summed E-state index contributed by atoms with van der Waals surface area (Å²) in [4.78, 5) is 77.9. The van der Waals surface area contributed by atoms with Crippen LogP contribution in [0, 0.1) is 11.8 Å². The zero-order chi connectivity index (χ0) is 29.9. The Hall–Kier alpha value is -3.59. The highest BCUT2D eigenvalue weighted by Gasteiger charge is 2.43. The van der Waals surface area contributed by atoms with Crippen LogP contribution in [-0.4, -0.2) is 83.3 Å². The molecule has 6 atom stereocenters. The van der Waals surface area contributed by atoms with Gasteiger partial charge in [-0.15, -0.1) is 23.5 Å². The number of hydrogen-bond donors (Lipinski definition) is 4. The molecule has 15 heteroatoms. The van der Waals surface area contributed by atoms with Crippen molar-refractivity contribution in [3.8, 4) is 0 Å². The lowest BCUT2D eigenvalue weighted by atomic mass is 9.76. The minimum absolute atomic E-state index is 0.00392. The van der Waals surface area contributed by atoms with E-state index in [1.807, 2.05) is 0 Å². The molecule has 41 heavy (non-hydrogen) atoms. The van der Waals surface area contributed by atoms with Crippen molar-refractivity contribution in [3.63, 3.8) is 0 Å². The molecule has 1 saturated carbocycles. The number of carbonyl (C=O) groups is 5. The fraction of sp³-hybridized carbons (Fsp3) is 0.500. The number of aliphatic carboxylic acids is 2. The Bertz CT molecular complexity index is 1130. The van der Waals surface area contributed by atoms with E-state index in [1.165, 1.54) is 62.2 Å². The van der Waals surface area contributed by atoms with E-state index in [2.05, 4.69) is 30.6 Å². The van der Waals surface area contributed by atoms with Gasteiger partial charge in [0.05, 0.1) is 21.9 Å². The van der Waals surface area contributed by atoms with Gasteiger partial charge >= 0.3 is 11.9 Å². The predicted molar refractivity (Wildman–Crippen MR) is 151 cm³/mol. The summed E-state index contributed by atoms with van der Waals surface area (Å²) in [7, 11) is 0. The highest BCUT2D eigenvalue weighted by atomic mass is 32.2. The van der Waals surface area contributed by atoms with Crippen LogP contribution < -0.4 is 10.6 Å². The van der Waals surface area contributed by atoms with Gasteiger partial charge in [-0.05, 0) is 12.8 Å². The van der Waals surface area contributed by atoms with Crippen LogP contribution in [0.1, 0.15) is 55.0 Å². The summed E-state index contributed by atoms with van der Waals surface area (Å²) in [5.41, 5.74) is 1.03. The smallest absolute Gasteiger partial charge is 0.327 e. The number of carboxylic acids is 2. The van der Waals surface area contributed by atoms with Crippen LogP contribution in [0.5, 0.6) is 0 Å². The molecular weight excluding hydrogens is 572 g/mol. The summed E-state index contributed by atoms with van der Waals surface area (Å²) in [6, 6.07) is -2.31. The van der Waals surface area contributed by atoms with Gasteiger partial charge in [0, 0.05) is 74.4 Å². The molecule has 4 N–H and O–H groups in total. The molecule has 2 aromatic heterocycles. The third kappa shape index (κ3) is 9.21. The van der Waals surface area contributed by atoms with E-state index in [0.29, 0.717) is 30.7 Å². The van der Waals surface area contributed by atoms with Crippen molar-refractivity contribution in [1.82, 2.24) is 30.6 Å². The molecule has 1 aliphatic carbocycles. The minimum Gasteiger partial charge on any atom is -0.480 e. The number of Topliss-reactive ketones (excluding diaryl/α,β-unsaturated/α-hetero) is 1. The van der Waals surface area contributed by atoms with Crippen molar-refractivity contribution in [2.75, 3.05) is 11.5 Å². The molecule has 4 unspecified atom stereocenters. The van der Waals surface area contributed by atoms with Gasteiger partial charge in [0.1, 0.15) is 17.9 Å². The third-order valence-electron chi connectivity index (χ3n) is 6.48. The molecule has 1 fully saturated rings. The monoisotopic (exact) mass is 604 g/mol. The quantitative estimate of drug-likeness (QED) is 0.243. The molecule has 2 amide bonds. The molecule has 13 nitrogen and oxygen atoms in total. The molecule has 220 valence electrons. The Kier molecular flexibility index (Phi) is 12.0. The van der Waals surface area contributed by atoms with E-state index >= 15 is 0 Å². The Morgan fingerprint density at radius 2 is 1.22 bits per heavy atom. The lowest BCUT2D eigenvalue weighted by molar-refractivity contribution is -0.141. The SMILES string of the molecule is CC(=O)N[C@@H](CSC(c1cnccn1)C1CCCC(C(SC[C@H](NC(C)=O)C(=O)O)c2cnccn2)C1=O)C(=O)O. The number of nitrogens with zero attached hydrogens (tertiary/aromatic N) is 4. The number of aromatic nitrogens is 4. The van der Waals surface area contributed by atoms with Gasteiger partial charge in [0.25, 0.3) is 0 Å². The average Bonchev–Trinajstić information content (AvgIpc) is 2.94. The van der Waals surface area contributed by atoms with Crippen molar-refractivity contribution < 1.29 is 34.2 Å². The fourth-order valence-electron chi connectivity index (χ4n) is 4.69. The van der Waals surface area contributed by atoms with Gasteiger partial charge in [-0.3, -0.25) is 34.3 Å². The maximum atomic E-state index is 14.2. The Labute approximate surface area is 245 Å². The van der Waals surface area contributed by atoms with Crippen molar-refractivity contribution in [1.29, 1.82) is 0 Å². The van der Waals surface area contributed by atoms with Crippen molar-refractivity contribution in [2.24, 2.45) is 11.8 Å². The molecule has 2 aromatic rings. The first kappa shape index (κ1) is 31.9. The Morgan fingerprint density at radius 3 is 1.54 bits per heavy atom. The summed E-state index contributed by atoms with van der Waals surface area (Å²) in [6.07, 6.45) is 10.8. The van der Waals surface area contributed by atoms with Crippen LogP contribution in [0.2, 0.25) is 0 Å². The normalized spacial score (nSPS) is 19.8. The van der Waals surface area contributed by atoms with E-state index in [-0.39, 0.29) is 17.3 Å². The van der Waals surface area contributed by atoms with Crippen molar-refractivity contribution in [3.05, 3.63) is 48.6 Å². The van der Waals surface area contributed by atoms with Crippen LogP contribution in [-0.2, 0) is 24.0 Å². The second kappa shape index (κ2) is 15.4. The van der Waals surface area contributed by atoms with E-state index in [1.54, 1.807) is 12.4 Å². The number of nitrogens with one attached hydrogen (secondary N) is 2. The highest BCUT2D eigenvalue weighted by molar-refractivity contribution is 7.99. The maximum absolute atomic E-state index is 14.2. The van der Waals surface area contributed by atoms with Crippen molar-refractivity contribution >= 4 is 53.1 Å². The predicted octanol–water partition coefficient (Wildman–Crippen LogP) is 1.68. The average molecular weight is 605 g/mol. The van der Waals surface area contributed by atoms with Crippen LogP contribution in [0.15, 0.2) is 37.2 Å². The fourth-order valence-corrected chi connectivity index (χ4v) is 7.53. The van der Waals surface area contributed by atoms with Gasteiger partial charge in [0.15, 0.2) is 0 Å². The first-order chi connectivity index (χ1) is 19.6. The number of rotatable bonds is 14. The van der Waals surface area contributed by atoms with Gasteiger partial charge in [-0.25, -0.2) is 9.59 Å². The van der Waals surface area contributed by atoms with Crippen LogP contribution >= 0.6 is 23.5 Å². The van der Waals surface area contributed by atoms with Gasteiger partial charge in [-0.1, -0.05) is 6.42 Å².